The Hall–Kier alpha value is -2.45. The van der Waals surface area contributed by atoms with Gasteiger partial charge in [0.2, 0.25) is 11.3 Å². The van der Waals surface area contributed by atoms with Gasteiger partial charge in [0.05, 0.1) is 6.42 Å². The van der Waals surface area contributed by atoms with E-state index < -0.39 is 11.3 Å². The molecule has 22 heavy (non-hydrogen) atoms. The van der Waals surface area contributed by atoms with Crippen molar-refractivity contribution in [3.05, 3.63) is 57.7 Å². The molecule has 0 spiro atoms. The van der Waals surface area contributed by atoms with E-state index in [1.54, 1.807) is 24.3 Å². The number of nitrogens with zero attached hydrogens (tertiary/aromatic N) is 3. The Kier molecular flexibility index (Phi) is 2.44. The Morgan fingerprint density at radius 3 is 2.73 bits per heavy atom. The van der Waals surface area contributed by atoms with E-state index in [4.69, 9.17) is 5.73 Å². The fraction of sp³-hybridized carbons (Fsp3) is 0.357. The maximum atomic E-state index is 12.7. The van der Waals surface area contributed by atoms with Crippen molar-refractivity contribution in [2.24, 2.45) is 5.73 Å². The van der Waals surface area contributed by atoms with Gasteiger partial charge in [0.25, 0.3) is 11.4 Å². The molecule has 0 saturated heterocycles. The van der Waals surface area contributed by atoms with E-state index in [1.807, 2.05) is 6.07 Å². The fourth-order valence-corrected chi connectivity index (χ4v) is 3.42. The van der Waals surface area contributed by atoms with Gasteiger partial charge in [-0.25, -0.2) is 0 Å². The lowest BCUT2D eigenvalue weighted by Gasteiger charge is -2.35. The second-order valence-corrected chi connectivity index (χ2v) is 5.79. The maximum absolute atomic E-state index is 12.7. The smallest absolute Gasteiger partial charge is 0.262 e. The third-order valence-corrected chi connectivity index (χ3v) is 4.69. The molecule has 0 radical (unpaired) electrons. The Bertz CT molecular complexity index is 787. The van der Waals surface area contributed by atoms with Gasteiger partial charge in [0.15, 0.2) is 5.71 Å². The first-order valence-corrected chi connectivity index (χ1v) is 6.96. The van der Waals surface area contributed by atoms with Crippen LogP contribution in [0.1, 0.15) is 29.8 Å². The molecule has 114 valence electrons. The molecule has 1 aliphatic heterocycles. The summed E-state index contributed by atoms with van der Waals surface area (Å²) in [7, 11) is 0. The molecule has 2 atom stereocenters. The number of benzene rings is 1. The molecule has 2 heterocycles. The molecule has 0 unspecified atom stereocenters. The van der Waals surface area contributed by atoms with E-state index in [2.05, 4.69) is 9.79 Å². The predicted molar refractivity (Wildman–Crippen MR) is 73.4 cm³/mol. The van der Waals surface area contributed by atoms with Gasteiger partial charge < -0.3 is 15.5 Å². The topological polar surface area (TPSA) is 125 Å². The van der Waals surface area contributed by atoms with E-state index in [0.29, 0.717) is 16.0 Å². The highest BCUT2D eigenvalue weighted by Gasteiger charge is 2.69. The van der Waals surface area contributed by atoms with E-state index in [9.17, 15) is 15.5 Å². The quantitative estimate of drug-likeness (QED) is 0.540. The third-order valence-electron chi connectivity index (χ3n) is 4.69. The highest BCUT2D eigenvalue weighted by atomic mass is 16.8. The minimum absolute atomic E-state index is 0.0173. The van der Waals surface area contributed by atoms with Crippen molar-refractivity contribution in [3.8, 4) is 0 Å². The molecule has 1 aromatic heterocycles. The molecule has 1 aliphatic carbocycles. The minimum atomic E-state index is -1.74. The van der Waals surface area contributed by atoms with Crippen molar-refractivity contribution in [2.75, 3.05) is 0 Å². The van der Waals surface area contributed by atoms with E-state index in [-0.39, 0.29) is 35.6 Å². The molecule has 2 aliphatic rings. The second kappa shape index (κ2) is 4.05. The summed E-state index contributed by atoms with van der Waals surface area (Å²) in [5.74, 6) is 0. The summed E-state index contributed by atoms with van der Waals surface area (Å²) >= 11 is 0. The standard InChI is InChI=1S/C14H14N4O4/c15-14-7-6-10-12(16-22-18(10)21)13(14,19)8-11(17(14)20)9-4-2-1-3-5-9/h1-5,19H,6-8,15H2/t13-,14+/m0/s1. The van der Waals surface area contributed by atoms with Crippen LogP contribution in [0.2, 0.25) is 0 Å². The molecular weight excluding hydrogens is 288 g/mol. The van der Waals surface area contributed by atoms with Crippen LogP contribution in [0.5, 0.6) is 0 Å². The summed E-state index contributed by atoms with van der Waals surface area (Å²) in [6.07, 6.45) is 0.346. The van der Waals surface area contributed by atoms with Gasteiger partial charge in [-0.2, -0.15) is 4.74 Å². The highest BCUT2D eigenvalue weighted by Crippen LogP contribution is 2.46. The highest BCUT2D eigenvalue weighted by molar-refractivity contribution is 5.99. The molecule has 8 heteroatoms. The van der Waals surface area contributed by atoms with Crippen LogP contribution in [-0.4, -0.2) is 26.4 Å². The lowest BCUT2D eigenvalue weighted by molar-refractivity contribution is -0.808. The van der Waals surface area contributed by atoms with Crippen molar-refractivity contribution >= 4 is 5.71 Å². The maximum Gasteiger partial charge on any atom is 0.262 e. The Morgan fingerprint density at radius 1 is 1.27 bits per heavy atom. The number of hydrogen-bond acceptors (Lipinski definition) is 6. The number of aliphatic hydroxyl groups is 1. The van der Waals surface area contributed by atoms with Crippen molar-refractivity contribution in [3.63, 3.8) is 0 Å². The molecule has 1 aromatic carbocycles. The van der Waals surface area contributed by atoms with Gasteiger partial charge >= 0.3 is 0 Å². The molecule has 2 aromatic rings. The van der Waals surface area contributed by atoms with Crippen LogP contribution >= 0.6 is 0 Å². The van der Waals surface area contributed by atoms with Crippen molar-refractivity contribution < 1.29 is 19.4 Å². The lowest BCUT2D eigenvalue weighted by Crippen LogP contribution is -2.63. The number of hydroxylamine groups is 1. The average molecular weight is 302 g/mol. The molecule has 8 nitrogen and oxygen atoms in total. The van der Waals surface area contributed by atoms with Crippen LogP contribution in [0.25, 0.3) is 0 Å². The first-order valence-electron chi connectivity index (χ1n) is 6.96. The molecule has 0 bridgehead atoms. The number of hydrogen-bond donors (Lipinski definition) is 2. The zero-order valence-corrected chi connectivity index (χ0v) is 11.6. The number of nitrogens with two attached hydrogens (primary N) is 1. The van der Waals surface area contributed by atoms with Gasteiger partial charge in [-0.05, 0) is 17.0 Å². The van der Waals surface area contributed by atoms with Crippen LogP contribution < -0.4 is 10.6 Å². The Balaban J connectivity index is 1.89. The van der Waals surface area contributed by atoms with Crippen LogP contribution in [0.3, 0.4) is 0 Å². The Morgan fingerprint density at radius 2 is 2.00 bits per heavy atom. The summed E-state index contributed by atoms with van der Waals surface area (Å²) in [6, 6.07) is 9.00. The van der Waals surface area contributed by atoms with Gasteiger partial charge in [0.1, 0.15) is 0 Å². The first kappa shape index (κ1) is 13.2. The van der Waals surface area contributed by atoms with Gasteiger partial charge in [-0.15, -0.1) is 0 Å². The predicted octanol–water partition coefficient (Wildman–Crippen LogP) is -0.500. The summed E-state index contributed by atoms with van der Waals surface area (Å²) in [5, 5.41) is 39.0. The molecule has 3 N–H and O–H groups in total. The molecule has 0 saturated carbocycles. The first-order chi connectivity index (χ1) is 10.5. The largest absolute Gasteiger partial charge is 0.622 e. The number of fused-ring (bicyclic) bond motifs is 3. The second-order valence-electron chi connectivity index (χ2n) is 5.79. The van der Waals surface area contributed by atoms with Crippen molar-refractivity contribution in [1.82, 2.24) is 5.16 Å². The monoisotopic (exact) mass is 302 g/mol. The zero-order chi connectivity index (χ0) is 15.5. The van der Waals surface area contributed by atoms with Gasteiger partial charge in [-0.1, -0.05) is 18.2 Å². The summed E-state index contributed by atoms with van der Waals surface area (Å²) in [6.45, 7) is 0. The normalized spacial score (nSPS) is 30.3. The third kappa shape index (κ3) is 1.40. The molecule has 0 fully saturated rings. The molecular formula is C14H14N4O4. The van der Waals surface area contributed by atoms with Crippen molar-refractivity contribution in [1.29, 1.82) is 0 Å². The number of aromatic nitrogens is 2. The summed E-state index contributed by atoms with van der Waals surface area (Å²) in [5.41, 5.74) is 4.29. The van der Waals surface area contributed by atoms with E-state index >= 15 is 0 Å². The van der Waals surface area contributed by atoms with Gasteiger partial charge in [-0.3, -0.25) is 10.4 Å². The van der Waals surface area contributed by atoms with Crippen LogP contribution in [0.15, 0.2) is 35.0 Å². The van der Waals surface area contributed by atoms with E-state index in [1.165, 1.54) is 0 Å². The molecule has 4 rings (SSSR count). The van der Waals surface area contributed by atoms with Crippen LogP contribution in [0.4, 0.5) is 0 Å². The number of rotatable bonds is 1. The average Bonchev–Trinajstić information content (AvgIpc) is 3.00. The summed E-state index contributed by atoms with van der Waals surface area (Å²) in [4.78, 5) is 0.266. The fourth-order valence-electron chi connectivity index (χ4n) is 3.42. The zero-order valence-electron chi connectivity index (χ0n) is 11.6. The lowest BCUT2D eigenvalue weighted by atomic mass is 9.75. The molecule has 0 amide bonds. The van der Waals surface area contributed by atoms with E-state index in [0.717, 1.165) is 0 Å². The SMILES string of the molecule is N[C@@]12CCc3c(no[n+]3[O-])[C@@]1(O)CC(c1ccccc1)=[N+]2[O-]. The minimum Gasteiger partial charge on any atom is -0.622 e. The van der Waals surface area contributed by atoms with Crippen molar-refractivity contribution in [2.45, 2.75) is 30.5 Å². The summed E-state index contributed by atoms with van der Waals surface area (Å²) < 4.78 is 5.24. The Labute approximate surface area is 125 Å². The van der Waals surface area contributed by atoms with Crippen LogP contribution in [0, 0.1) is 10.4 Å². The van der Waals surface area contributed by atoms with Crippen LogP contribution in [-0.2, 0) is 12.0 Å². The van der Waals surface area contributed by atoms with Gasteiger partial charge in [0, 0.05) is 23.6 Å².